The van der Waals surface area contributed by atoms with E-state index in [2.05, 4.69) is 10.6 Å². The summed E-state index contributed by atoms with van der Waals surface area (Å²) in [6, 6.07) is 20.2. The van der Waals surface area contributed by atoms with Crippen LogP contribution in [0.1, 0.15) is 39.4 Å². The van der Waals surface area contributed by atoms with Gasteiger partial charge in [-0.3, -0.25) is 4.79 Å². The van der Waals surface area contributed by atoms with Gasteiger partial charge in [0.25, 0.3) is 5.91 Å². The van der Waals surface area contributed by atoms with Gasteiger partial charge in [0.15, 0.2) is 0 Å². The molecule has 1 aliphatic carbocycles. The molecule has 0 bridgehead atoms. The van der Waals surface area contributed by atoms with Gasteiger partial charge in [0.1, 0.15) is 12.4 Å². The van der Waals surface area contributed by atoms with Gasteiger partial charge in [-0.05, 0) is 41.8 Å². The van der Waals surface area contributed by atoms with Crippen molar-refractivity contribution < 1.29 is 19.1 Å². The fourth-order valence-electron chi connectivity index (χ4n) is 3.66. The number of nitrogens with one attached hydrogen (secondary N) is 2. The van der Waals surface area contributed by atoms with Crippen LogP contribution in [0.3, 0.4) is 0 Å². The van der Waals surface area contributed by atoms with Crippen molar-refractivity contribution in [2.75, 3.05) is 18.2 Å². The van der Waals surface area contributed by atoms with Gasteiger partial charge < -0.3 is 31.6 Å². The Bertz CT molecular complexity index is 1180. The van der Waals surface area contributed by atoms with E-state index >= 15 is 0 Å². The van der Waals surface area contributed by atoms with E-state index in [4.69, 9.17) is 20.9 Å². The quantitative estimate of drug-likeness (QED) is 0.379. The second-order valence-corrected chi connectivity index (χ2v) is 8.25. The van der Waals surface area contributed by atoms with Crippen LogP contribution in [0.4, 0.5) is 16.2 Å². The van der Waals surface area contributed by atoms with Crippen LogP contribution < -0.4 is 26.8 Å². The highest BCUT2D eigenvalue weighted by Gasteiger charge is 2.34. The number of rotatable bonds is 8. The first-order valence-corrected chi connectivity index (χ1v) is 11.0. The zero-order valence-corrected chi connectivity index (χ0v) is 18.9. The Morgan fingerprint density at radius 3 is 2.47 bits per heavy atom. The summed E-state index contributed by atoms with van der Waals surface area (Å²) in [7, 11) is 1.51. The van der Waals surface area contributed by atoms with Gasteiger partial charge in [-0.1, -0.05) is 42.5 Å². The number of methoxy groups -OCH3 is 1. The van der Waals surface area contributed by atoms with E-state index in [1.165, 1.54) is 12.7 Å². The second-order valence-electron chi connectivity index (χ2n) is 8.25. The summed E-state index contributed by atoms with van der Waals surface area (Å²) in [5.41, 5.74) is 16.0. The number of hydrogen-bond acceptors (Lipinski definition) is 6. The molecule has 0 aromatic heterocycles. The van der Waals surface area contributed by atoms with Crippen LogP contribution in [-0.2, 0) is 17.9 Å². The van der Waals surface area contributed by atoms with Crippen LogP contribution in [0.5, 0.6) is 5.75 Å². The van der Waals surface area contributed by atoms with Crippen LogP contribution in [0.25, 0.3) is 0 Å². The summed E-state index contributed by atoms with van der Waals surface area (Å²) >= 11 is 0. The number of para-hydroxylation sites is 2. The first-order chi connectivity index (χ1) is 16.4. The van der Waals surface area contributed by atoms with Gasteiger partial charge in [-0.2, -0.15) is 0 Å². The predicted molar refractivity (Wildman–Crippen MR) is 131 cm³/mol. The molecule has 3 aromatic carbocycles. The molecule has 3 aromatic rings. The zero-order chi connectivity index (χ0) is 24.1. The molecule has 176 valence electrons. The molecule has 0 radical (unpaired) electrons. The van der Waals surface area contributed by atoms with Crippen molar-refractivity contribution in [2.24, 2.45) is 5.73 Å². The molecule has 0 unspecified atom stereocenters. The number of alkyl carbamates (subject to hydrolysis) is 1. The molecular formula is C26H28N4O4. The average molecular weight is 461 g/mol. The lowest BCUT2D eigenvalue weighted by Gasteiger charge is -2.13. The van der Waals surface area contributed by atoms with Crippen molar-refractivity contribution in [3.63, 3.8) is 0 Å². The zero-order valence-electron chi connectivity index (χ0n) is 18.9. The average Bonchev–Trinajstić information content (AvgIpc) is 3.59. The van der Waals surface area contributed by atoms with Gasteiger partial charge >= 0.3 is 6.09 Å². The first kappa shape index (κ1) is 23.1. The van der Waals surface area contributed by atoms with Gasteiger partial charge in [-0.25, -0.2) is 4.79 Å². The summed E-state index contributed by atoms with van der Waals surface area (Å²) in [6.45, 7) is 0.357. The fraction of sp³-hybridized carbons (Fsp3) is 0.231. The van der Waals surface area contributed by atoms with E-state index in [-0.39, 0.29) is 25.1 Å². The standard InChI is InChI=1S/C26H28N4O4/c1-33-24-12-18(25(31)30-23-5-3-2-4-21(23)27)10-11-19(24)14-29-26(32)34-15-16-6-8-17(9-7-16)20-13-22(20)28/h2-12,20,22H,13-15,27-28H2,1H3,(H,29,32)(H,30,31)/t20-,22+/m1/s1. The molecule has 1 aliphatic rings. The Hall–Kier alpha value is -4.04. The lowest BCUT2D eigenvalue weighted by molar-refractivity contribution is 0.102. The molecular weight excluding hydrogens is 432 g/mol. The number of hydrogen-bond donors (Lipinski definition) is 4. The predicted octanol–water partition coefficient (Wildman–Crippen LogP) is 3.77. The summed E-state index contributed by atoms with van der Waals surface area (Å²) in [5.74, 6) is 0.606. The van der Waals surface area contributed by atoms with E-state index in [0.29, 0.717) is 34.2 Å². The molecule has 4 rings (SSSR count). The number of ether oxygens (including phenoxy) is 2. The lowest BCUT2D eigenvalue weighted by Crippen LogP contribution is -2.24. The lowest BCUT2D eigenvalue weighted by atomic mass is 10.1. The molecule has 2 atom stereocenters. The number of amides is 2. The molecule has 8 nitrogen and oxygen atoms in total. The molecule has 6 N–H and O–H groups in total. The monoisotopic (exact) mass is 460 g/mol. The Morgan fingerprint density at radius 2 is 1.79 bits per heavy atom. The van der Waals surface area contributed by atoms with Crippen molar-refractivity contribution >= 4 is 23.4 Å². The molecule has 1 fully saturated rings. The number of benzene rings is 3. The third kappa shape index (κ3) is 5.65. The van der Waals surface area contributed by atoms with Crippen LogP contribution in [-0.4, -0.2) is 25.2 Å². The Morgan fingerprint density at radius 1 is 1.06 bits per heavy atom. The number of nitrogen functional groups attached to an aromatic ring is 1. The molecule has 0 heterocycles. The summed E-state index contributed by atoms with van der Waals surface area (Å²) in [4.78, 5) is 24.8. The summed E-state index contributed by atoms with van der Waals surface area (Å²) < 4.78 is 10.7. The molecule has 34 heavy (non-hydrogen) atoms. The molecule has 8 heteroatoms. The minimum absolute atomic E-state index is 0.168. The fourth-order valence-corrected chi connectivity index (χ4v) is 3.66. The molecule has 0 spiro atoms. The normalized spacial score (nSPS) is 16.4. The van der Waals surface area contributed by atoms with Crippen LogP contribution in [0.2, 0.25) is 0 Å². The van der Waals surface area contributed by atoms with E-state index in [0.717, 1.165) is 12.0 Å². The highest BCUT2D eigenvalue weighted by atomic mass is 16.5. The number of nitrogens with two attached hydrogens (primary N) is 2. The largest absolute Gasteiger partial charge is 0.496 e. The Balaban J connectivity index is 1.29. The smallest absolute Gasteiger partial charge is 0.407 e. The third-order valence-corrected chi connectivity index (χ3v) is 5.80. The molecule has 0 aliphatic heterocycles. The second kappa shape index (κ2) is 10.3. The van der Waals surface area contributed by atoms with Crippen LogP contribution in [0, 0.1) is 0 Å². The number of carbonyl (C=O) groups is 2. The van der Waals surface area contributed by atoms with Crippen LogP contribution in [0.15, 0.2) is 66.7 Å². The maximum atomic E-state index is 12.6. The SMILES string of the molecule is COc1cc(C(=O)Nc2ccccc2N)ccc1CNC(=O)OCc1ccc([C@H]2C[C@@H]2N)cc1. The number of carbonyl (C=O) groups excluding carboxylic acids is 2. The molecule has 0 saturated heterocycles. The third-order valence-electron chi connectivity index (χ3n) is 5.80. The summed E-state index contributed by atoms with van der Waals surface area (Å²) in [6.07, 6.45) is 0.478. The van der Waals surface area contributed by atoms with Crippen molar-refractivity contribution in [3.8, 4) is 5.75 Å². The van der Waals surface area contributed by atoms with E-state index in [1.54, 1.807) is 42.5 Å². The minimum atomic E-state index is -0.545. The Kier molecular flexibility index (Phi) is 6.98. The number of anilines is 2. The van der Waals surface area contributed by atoms with E-state index < -0.39 is 6.09 Å². The molecule has 1 saturated carbocycles. The first-order valence-electron chi connectivity index (χ1n) is 11.0. The Labute approximate surface area is 198 Å². The summed E-state index contributed by atoms with van der Waals surface area (Å²) in [5, 5.41) is 5.49. The minimum Gasteiger partial charge on any atom is -0.496 e. The van der Waals surface area contributed by atoms with Gasteiger partial charge in [0, 0.05) is 29.6 Å². The van der Waals surface area contributed by atoms with Crippen LogP contribution >= 0.6 is 0 Å². The molecule has 2 amide bonds. The van der Waals surface area contributed by atoms with E-state index in [1.807, 2.05) is 24.3 Å². The van der Waals surface area contributed by atoms with Crippen molar-refractivity contribution in [1.82, 2.24) is 5.32 Å². The highest BCUT2D eigenvalue weighted by Crippen LogP contribution is 2.38. The van der Waals surface area contributed by atoms with Gasteiger partial charge in [0.2, 0.25) is 0 Å². The topological polar surface area (TPSA) is 129 Å². The maximum absolute atomic E-state index is 12.6. The van der Waals surface area contributed by atoms with Gasteiger partial charge in [-0.15, -0.1) is 0 Å². The van der Waals surface area contributed by atoms with Crippen molar-refractivity contribution in [1.29, 1.82) is 0 Å². The van der Waals surface area contributed by atoms with E-state index in [9.17, 15) is 9.59 Å². The van der Waals surface area contributed by atoms with Gasteiger partial charge in [0.05, 0.1) is 18.5 Å². The van der Waals surface area contributed by atoms with Crippen molar-refractivity contribution in [2.45, 2.75) is 31.5 Å². The maximum Gasteiger partial charge on any atom is 0.407 e. The highest BCUT2D eigenvalue weighted by molar-refractivity contribution is 6.06. The van der Waals surface area contributed by atoms with Crippen molar-refractivity contribution in [3.05, 3.63) is 89.0 Å².